The first-order valence-corrected chi connectivity index (χ1v) is 14.0. The van der Waals surface area contributed by atoms with Crippen molar-refractivity contribution >= 4 is 32.3 Å². The Labute approximate surface area is 223 Å². The maximum atomic E-state index is 2.48. The van der Waals surface area contributed by atoms with Gasteiger partial charge in [0.25, 0.3) is 0 Å². The summed E-state index contributed by atoms with van der Waals surface area (Å²) in [6, 6.07) is 29.2. The Morgan fingerprint density at radius 3 is 0.632 bits per heavy atom. The Balaban J connectivity index is 1.66. The van der Waals surface area contributed by atoms with Gasteiger partial charge >= 0.3 is 0 Å². The number of hydrogen-bond acceptors (Lipinski definition) is 0. The lowest BCUT2D eigenvalue weighted by atomic mass is 9.59. The second-order valence-corrected chi connectivity index (χ2v) is 12.3. The predicted octanol–water partition coefficient (Wildman–Crippen LogP) is 9.31. The summed E-state index contributed by atoms with van der Waals surface area (Å²) < 4.78 is 0. The zero-order valence-electron chi connectivity index (χ0n) is 22.9. The number of aryl methyl sites for hydroxylation is 6. The van der Waals surface area contributed by atoms with Gasteiger partial charge < -0.3 is 0 Å². The summed E-state index contributed by atoms with van der Waals surface area (Å²) in [4.78, 5) is 0. The van der Waals surface area contributed by atoms with Crippen LogP contribution < -0.4 is 0 Å². The molecule has 3 aliphatic carbocycles. The van der Waals surface area contributed by atoms with E-state index in [0.717, 1.165) is 0 Å². The van der Waals surface area contributed by atoms with Crippen LogP contribution >= 0.6 is 0 Å². The Bertz CT molecular complexity index is 1750. The first-order chi connectivity index (χ1) is 18.3. The molecule has 182 valence electrons. The fourth-order valence-electron chi connectivity index (χ4n) is 9.57. The molecule has 0 spiro atoms. The summed E-state index contributed by atoms with van der Waals surface area (Å²) in [5, 5.41) is 8.82. The first-order valence-electron chi connectivity index (χ1n) is 14.0. The van der Waals surface area contributed by atoms with Gasteiger partial charge in [0.1, 0.15) is 0 Å². The lowest BCUT2D eigenvalue weighted by Gasteiger charge is -2.40. The van der Waals surface area contributed by atoms with Gasteiger partial charge in [0.15, 0.2) is 0 Å². The molecular weight excluding hydrogens is 456 g/mol. The average molecular weight is 487 g/mol. The van der Waals surface area contributed by atoms with Crippen molar-refractivity contribution in [1.82, 2.24) is 0 Å². The Morgan fingerprint density at radius 2 is 0.447 bits per heavy atom. The molecule has 0 N–H and O–H groups in total. The third-order valence-electron chi connectivity index (χ3n) is 10.7. The lowest BCUT2D eigenvalue weighted by Crippen LogP contribution is -2.42. The van der Waals surface area contributed by atoms with Crippen LogP contribution in [0.25, 0.3) is 32.3 Å². The SMILES string of the molecule is Cc1ccc2c3c(ccc(C)c13)C13c4ccc(C)c5c(C)ccc(c45)C21c1ccc(C)c2c(C)ccc3c12. The van der Waals surface area contributed by atoms with Crippen LogP contribution in [0.2, 0.25) is 0 Å². The van der Waals surface area contributed by atoms with E-state index in [-0.39, 0.29) is 10.8 Å². The minimum absolute atomic E-state index is 0.265. The topological polar surface area (TPSA) is 0 Å². The van der Waals surface area contributed by atoms with Gasteiger partial charge in [-0.25, -0.2) is 0 Å². The van der Waals surface area contributed by atoms with Gasteiger partial charge in [-0.3, -0.25) is 0 Å². The number of hydrogen-bond donors (Lipinski definition) is 0. The van der Waals surface area contributed by atoms with Crippen molar-refractivity contribution in [3.63, 3.8) is 0 Å². The van der Waals surface area contributed by atoms with Crippen LogP contribution in [0.3, 0.4) is 0 Å². The van der Waals surface area contributed by atoms with Crippen LogP contribution in [0.5, 0.6) is 0 Å². The van der Waals surface area contributed by atoms with E-state index in [9.17, 15) is 0 Å². The summed E-state index contributed by atoms with van der Waals surface area (Å²) in [6.07, 6.45) is 0. The average Bonchev–Trinajstić information content (AvgIpc) is 3.41. The molecule has 0 amide bonds. The molecule has 0 nitrogen and oxygen atoms in total. The summed E-state index contributed by atoms with van der Waals surface area (Å²) in [5.74, 6) is 0. The maximum Gasteiger partial charge on any atom is 0.0648 e. The minimum atomic E-state index is -0.265. The van der Waals surface area contributed by atoms with Crippen molar-refractivity contribution in [2.24, 2.45) is 0 Å². The zero-order valence-corrected chi connectivity index (χ0v) is 22.9. The molecule has 0 heteroatoms. The molecule has 6 aromatic rings. The molecule has 0 unspecified atom stereocenters. The molecule has 0 heterocycles. The van der Waals surface area contributed by atoms with Crippen LogP contribution in [0.1, 0.15) is 66.8 Å². The quantitative estimate of drug-likeness (QED) is 0.201. The molecule has 0 saturated carbocycles. The summed E-state index contributed by atoms with van der Waals surface area (Å²) in [5.41, 5.74) is 16.7. The largest absolute Gasteiger partial charge is 0.0648 e. The molecule has 0 radical (unpaired) electrons. The molecule has 0 bridgehead atoms. The van der Waals surface area contributed by atoms with Crippen LogP contribution in [-0.4, -0.2) is 0 Å². The van der Waals surface area contributed by atoms with Crippen LogP contribution in [-0.2, 0) is 10.8 Å². The molecule has 0 aromatic heterocycles. The monoisotopic (exact) mass is 486 g/mol. The molecule has 0 atom stereocenters. The number of rotatable bonds is 0. The van der Waals surface area contributed by atoms with Gasteiger partial charge in [-0.2, -0.15) is 0 Å². The molecule has 38 heavy (non-hydrogen) atoms. The summed E-state index contributed by atoms with van der Waals surface area (Å²) >= 11 is 0. The fourth-order valence-corrected chi connectivity index (χ4v) is 9.57. The van der Waals surface area contributed by atoms with E-state index in [1.54, 1.807) is 0 Å². The molecule has 0 saturated heterocycles. The second-order valence-electron chi connectivity index (χ2n) is 12.3. The fraction of sp³-hybridized carbons (Fsp3) is 0.211. The Hall–Kier alpha value is -3.90. The Morgan fingerprint density at radius 1 is 0.263 bits per heavy atom. The van der Waals surface area contributed by atoms with E-state index in [4.69, 9.17) is 0 Å². The molecule has 0 fully saturated rings. The van der Waals surface area contributed by atoms with Gasteiger partial charge in [0.05, 0.1) is 10.8 Å². The van der Waals surface area contributed by atoms with Crippen molar-refractivity contribution in [2.75, 3.05) is 0 Å². The van der Waals surface area contributed by atoms with Crippen LogP contribution in [0.4, 0.5) is 0 Å². The van der Waals surface area contributed by atoms with Crippen molar-refractivity contribution in [3.05, 3.63) is 140 Å². The third kappa shape index (κ3) is 1.81. The molecule has 6 aromatic carbocycles. The zero-order chi connectivity index (χ0) is 25.9. The standard InChI is InChI=1S/C38H30/c1-19-7-13-25-34-26(14-8-20(2)31(19)34)38-29-17-11-23(5)32-21(3)9-15-27(35(29)32)37(25,38)28-16-10-22(4)33-24(6)12-18-30(38)36(28)33/h7-18H,1-6H3. The van der Waals surface area contributed by atoms with Gasteiger partial charge in [-0.1, -0.05) is 72.8 Å². The highest BCUT2D eigenvalue weighted by molar-refractivity contribution is 6.15. The summed E-state index contributed by atoms with van der Waals surface area (Å²) in [6.45, 7) is 13.7. The van der Waals surface area contributed by atoms with E-state index >= 15 is 0 Å². The minimum Gasteiger partial charge on any atom is -0.0584 e. The smallest absolute Gasteiger partial charge is 0.0584 e. The summed E-state index contributed by atoms with van der Waals surface area (Å²) in [7, 11) is 0. The highest BCUT2D eigenvalue weighted by atomic mass is 14.7. The maximum absolute atomic E-state index is 2.48. The van der Waals surface area contributed by atoms with Crippen molar-refractivity contribution in [1.29, 1.82) is 0 Å². The van der Waals surface area contributed by atoms with E-state index in [2.05, 4.69) is 114 Å². The van der Waals surface area contributed by atoms with Crippen LogP contribution in [0, 0.1) is 41.5 Å². The normalized spacial score (nSPS) is 21.6. The first kappa shape index (κ1) is 21.1. The molecule has 3 aliphatic rings. The third-order valence-corrected chi connectivity index (χ3v) is 10.7. The van der Waals surface area contributed by atoms with Gasteiger partial charge in [-0.15, -0.1) is 0 Å². The van der Waals surface area contributed by atoms with E-state index in [0.29, 0.717) is 0 Å². The lowest BCUT2D eigenvalue weighted by molar-refractivity contribution is 0.492. The van der Waals surface area contributed by atoms with E-state index < -0.39 is 0 Å². The Kier molecular flexibility index (Phi) is 3.45. The van der Waals surface area contributed by atoms with Gasteiger partial charge in [0, 0.05) is 0 Å². The second kappa shape index (κ2) is 6.21. The number of benzene rings is 6. The molecule has 9 rings (SSSR count). The molecular formula is C38H30. The van der Waals surface area contributed by atoms with Crippen molar-refractivity contribution < 1.29 is 0 Å². The van der Waals surface area contributed by atoms with Gasteiger partial charge in [-0.05, 0) is 141 Å². The van der Waals surface area contributed by atoms with E-state index in [1.807, 2.05) is 0 Å². The highest BCUT2D eigenvalue weighted by Gasteiger charge is 2.70. The van der Waals surface area contributed by atoms with Crippen molar-refractivity contribution in [3.8, 4) is 0 Å². The van der Waals surface area contributed by atoms with Crippen molar-refractivity contribution in [2.45, 2.75) is 52.4 Å². The molecule has 0 aliphatic heterocycles. The highest BCUT2D eigenvalue weighted by Crippen LogP contribution is 2.76. The van der Waals surface area contributed by atoms with E-state index in [1.165, 1.54) is 99.1 Å². The van der Waals surface area contributed by atoms with Gasteiger partial charge in [0.2, 0.25) is 0 Å². The predicted molar refractivity (Wildman–Crippen MR) is 160 cm³/mol. The van der Waals surface area contributed by atoms with Crippen LogP contribution in [0.15, 0.2) is 72.8 Å².